The molecule has 0 saturated carbocycles. The Morgan fingerprint density at radius 2 is 2.05 bits per heavy atom. The lowest BCUT2D eigenvalue weighted by molar-refractivity contribution is -0.385. The zero-order valence-corrected chi connectivity index (χ0v) is 13.3. The molecule has 1 aromatic carbocycles. The van der Waals surface area contributed by atoms with Gasteiger partial charge in [0.1, 0.15) is 0 Å². The second kappa shape index (κ2) is 6.10. The third-order valence-electron chi connectivity index (χ3n) is 2.14. The van der Waals surface area contributed by atoms with E-state index in [0.717, 1.165) is 6.07 Å². The molecule has 0 radical (unpaired) electrons. The monoisotopic (exact) mass is 446 g/mol. The number of nitriles is 1. The minimum atomic E-state index is -0.614. The summed E-state index contributed by atoms with van der Waals surface area (Å²) in [6.07, 6.45) is 2.93. The quantitative estimate of drug-likeness (QED) is 0.406. The van der Waals surface area contributed by atoms with Crippen LogP contribution in [-0.4, -0.2) is 14.9 Å². The molecular formula is C11H4BrIN4O3. The average molecular weight is 447 g/mol. The SMILES string of the molecule is N#Cc1cc(I)c(Oc2ncc(Br)cn2)c([N+](=O)[O-])c1. The summed E-state index contributed by atoms with van der Waals surface area (Å²) in [5, 5.41) is 19.9. The van der Waals surface area contributed by atoms with E-state index in [9.17, 15) is 10.1 Å². The van der Waals surface area contributed by atoms with Crippen LogP contribution in [0.15, 0.2) is 29.0 Å². The predicted octanol–water partition coefficient (Wildman–Crippen LogP) is 3.42. The fraction of sp³-hybridized carbons (Fsp3) is 0. The van der Waals surface area contributed by atoms with Crippen molar-refractivity contribution in [3.8, 4) is 17.8 Å². The summed E-state index contributed by atoms with van der Waals surface area (Å²) in [4.78, 5) is 18.2. The van der Waals surface area contributed by atoms with Gasteiger partial charge in [-0.3, -0.25) is 10.1 Å². The topological polar surface area (TPSA) is 102 Å². The number of hydrogen-bond donors (Lipinski definition) is 0. The summed E-state index contributed by atoms with van der Waals surface area (Å²) in [6, 6.07) is 4.48. The molecule has 0 N–H and O–H groups in total. The van der Waals surface area contributed by atoms with E-state index in [2.05, 4.69) is 25.9 Å². The summed E-state index contributed by atoms with van der Waals surface area (Å²) in [5.41, 5.74) is -0.120. The van der Waals surface area contributed by atoms with Gasteiger partial charge in [-0.25, -0.2) is 9.97 Å². The van der Waals surface area contributed by atoms with Crippen LogP contribution in [0.5, 0.6) is 11.8 Å². The van der Waals surface area contributed by atoms with Crippen LogP contribution < -0.4 is 4.74 Å². The van der Waals surface area contributed by atoms with Gasteiger partial charge in [-0.15, -0.1) is 0 Å². The van der Waals surface area contributed by atoms with E-state index < -0.39 is 4.92 Å². The average Bonchev–Trinajstić information content (AvgIpc) is 2.42. The Morgan fingerprint density at radius 1 is 1.40 bits per heavy atom. The number of nitrogens with zero attached hydrogens (tertiary/aromatic N) is 4. The number of ether oxygens (including phenoxy) is 1. The smallest absolute Gasteiger partial charge is 0.322 e. The Hall–Kier alpha value is -1.80. The summed E-state index contributed by atoms with van der Waals surface area (Å²) >= 11 is 5.03. The zero-order valence-electron chi connectivity index (χ0n) is 9.58. The maximum atomic E-state index is 11.1. The number of hydrogen-bond acceptors (Lipinski definition) is 6. The zero-order chi connectivity index (χ0) is 14.7. The fourth-order valence-electron chi connectivity index (χ4n) is 1.32. The normalized spacial score (nSPS) is 9.85. The Labute approximate surface area is 135 Å². The van der Waals surface area contributed by atoms with Crippen LogP contribution in [0.25, 0.3) is 0 Å². The summed E-state index contributed by atoms with van der Waals surface area (Å²) in [6.45, 7) is 0. The lowest BCUT2D eigenvalue weighted by Crippen LogP contribution is -1.99. The molecule has 1 aromatic heterocycles. The fourth-order valence-corrected chi connectivity index (χ4v) is 2.25. The van der Waals surface area contributed by atoms with E-state index in [4.69, 9.17) is 10.00 Å². The molecule has 9 heteroatoms. The molecule has 0 bridgehead atoms. The van der Waals surface area contributed by atoms with Crippen LogP contribution in [-0.2, 0) is 0 Å². The number of aromatic nitrogens is 2. The van der Waals surface area contributed by atoms with Crippen molar-refractivity contribution in [1.82, 2.24) is 9.97 Å². The Bertz CT molecular complexity index is 715. The molecule has 0 saturated heterocycles. The molecule has 0 fully saturated rings. The first-order valence-corrected chi connectivity index (χ1v) is 6.92. The molecule has 0 aliphatic carbocycles. The van der Waals surface area contributed by atoms with Gasteiger partial charge in [-0.1, -0.05) is 0 Å². The van der Waals surface area contributed by atoms with Crippen molar-refractivity contribution in [3.63, 3.8) is 0 Å². The number of rotatable bonds is 3. The van der Waals surface area contributed by atoms with Gasteiger partial charge in [0.15, 0.2) is 0 Å². The van der Waals surface area contributed by atoms with Crippen molar-refractivity contribution >= 4 is 44.2 Å². The molecule has 0 unspecified atom stereocenters. The second-order valence-electron chi connectivity index (χ2n) is 3.46. The van der Waals surface area contributed by atoms with Gasteiger partial charge in [0.2, 0.25) is 5.75 Å². The van der Waals surface area contributed by atoms with Crippen molar-refractivity contribution < 1.29 is 9.66 Å². The second-order valence-corrected chi connectivity index (χ2v) is 5.54. The van der Waals surface area contributed by atoms with Gasteiger partial charge in [-0.05, 0) is 44.6 Å². The molecule has 2 aromatic rings. The van der Waals surface area contributed by atoms with E-state index in [1.807, 2.05) is 28.7 Å². The molecule has 0 aliphatic heterocycles. The van der Waals surface area contributed by atoms with Gasteiger partial charge in [0, 0.05) is 18.5 Å². The number of nitro groups is 1. The van der Waals surface area contributed by atoms with Gasteiger partial charge in [0.05, 0.1) is 24.6 Å². The van der Waals surface area contributed by atoms with Gasteiger partial charge < -0.3 is 4.74 Å². The number of benzene rings is 1. The third-order valence-corrected chi connectivity index (χ3v) is 3.35. The molecule has 20 heavy (non-hydrogen) atoms. The summed E-state index contributed by atoms with van der Waals surface area (Å²) in [5.74, 6) is 0.0110. The highest BCUT2D eigenvalue weighted by molar-refractivity contribution is 14.1. The van der Waals surface area contributed by atoms with Crippen LogP contribution in [0.4, 0.5) is 5.69 Å². The van der Waals surface area contributed by atoms with Crippen LogP contribution >= 0.6 is 38.5 Å². The molecule has 100 valence electrons. The lowest BCUT2D eigenvalue weighted by atomic mass is 10.2. The van der Waals surface area contributed by atoms with Crippen LogP contribution in [0.3, 0.4) is 0 Å². The highest BCUT2D eigenvalue weighted by Crippen LogP contribution is 2.35. The van der Waals surface area contributed by atoms with Crippen LogP contribution in [0.2, 0.25) is 0 Å². The first kappa shape index (κ1) is 14.6. The third kappa shape index (κ3) is 3.20. The standard InChI is InChI=1S/C11H4BrIN4O3/c12-7-4-15-11(16-5-7)20-10-8(13)1-6(3-14)2-9(10)17(18)19/h1-2,4-5H. The van der Waals surface area contributed by atoms with Crippen LogP contribution in [0.1, 0.15) is 5.56 Å². The maximum Gasteiger partial charge on any atom is 0.322 e. The molecule has 7 nitrogen and oxygen atoms in total. The molecule has 1 heterocycles. The molecule has 0 aliphatic rings. The van der Waals surface area contributed by atoms with E-state index in [0.29, 0.717) is 8.04 Å². The Balaban J connectivity index is 2.48. The van der Waals surface area contributed by atoms with Crippen molar-refractivity contribution in [2.24, 2.45) is 0 Å². The van der Waals surface area contributed by atoms with Crippen LogP contribution in [0, 0.1) is 25.0 Å². The first-order valence-electron chi connectivity index (χ1n) is 5.04. The van der Waals surface area contributed by atoms with Crippen molar-refractivity contribution in [2.75, 3.05) is 0 Å². The Morgan fingerprint density at radius 3 is 2.60 bits per heavy atom. The number of halogens is 2. The van der Waals surface area contributed by atoms with E-state index >= 15 is 0 Å². The summed E-state index contributed by atoms with van der Waals surface area (Å²) < 4.78 is 6.45. The molecule has 2 rings (SSSR count). The van der Waals surface area contributed by atoms with Crippen molar-refractivity contribution in [2.45, 2.75) is 0 Å². The maximum absolute atomic E-state index is 11.1. The Kier molecular flexibility index (Phi) is 4.46. The van der Waals surface area contributed by atoms with Gasteiger partial charge >= 0.3 is 11.7 Å². The lowest BCUT2D eigenvalue weighted by Gasteiger charge is -2.07. The van der Waals surface area contributed by atoms with Crippen molar-refractivity contribution in [1.29, 1.82) is 5.26 Å². The molecule has 0 atom stereocenters. The highest BCUT2D eigenvalue weighted by atomic mass is 127. The minimum absolute atomic E-state index is 0.0110. The van der Waals surface area contributed by atoms with E-state index in [1.165, 1.54) is 18.5 Å². The molecule has 0 amide bonds. The van der Waals surface area contributed by atoms with E-state index in [1.54, 1.807) is 0 Å². The van der Waals surface area contributed by atoms with Crippen molar-refractivity contribution in [3.05, 3.63) is 48.2 Å². The van der Waals surface area contributed by atoms with E-state index in [-0.39, 0.29) is 23.0 Å². The molecular weight excluding hydrogens is 443 g/mol. The molecule has 0 spiro atoms. The minimum Gasteiger partial charge on any atom is -0.416 e. The van der Waals surface area contributed by atoms with Gasteiger partial charge in [-0.2, -0.15) is 5.26 Å². The largest absolute Gasteiger partial charge is 0.416 e. The number of nitro benzene ring substituents is 1. The predicted molar refractivity (Wildman–Crippen MR) is 80.3 cm³/mol. The first-order chi connectivity index (χ1) is 9.51. The highest BCUT2D eigenvalue weighted by Gasteiger charge is 2.22. The van der Waals surface area contributed by atoms with Gasteiger partial charge in [0.25, 0.3) is 0 Å². The summed E-state index contributed by atoms with van der Waals surface area (Å²) in [7, 11) is 0.